The van der Waals surface area contributed by atoms with Crippen molar-refractivity contribution in [2.75, 3.05) is 6.61 Å². The Morgan fingerprint density at radius 3 is 2.85 bits per heavy atom. The van der Waals surface area contributed by atoms with Crippen LogP contribution < -0.4 is 4.74 Å². The first-order valence-corrected chi connectivity index (χ1v) is 5.02. The van der Waals surface area contributed by atoms with E-state index < -0.39 is 0 Å². The highest BCUT2D eigenvalue weighted by molar-refractivity contribution is 6.30. The van der Waals surface area contributed by atoms with E-state index >= 15 is 0 Å². The Bertz CT molecular complexity index is 264. The molecule has 69 valence electrons. The molecule has 0 unspecified atom stereocenters. The summed E-state index contributed by atoms with van der Waals surface area (Å²) >= 11 is 5.73. The summed E-state index contributed by atoms with van der Waals surface area (Å²) in [5.74, 6) is 1.57. The second kappa shape index (κ2) is 4.01. The van der Waals surface area contributed by atoms with Crippen LogP contribution in [-0.2, 0) is 0 Å². The summed E-state index contributed by atoms with van der Waals surface area (Å²) < 4.78 is 5.55. The summed E-state index contributed by atoms with van der Waals surface area (Å²) in [7, 11) is 0. The zero-order chi connectivity index (χ0) is 9.10. The second-order valence-corrected chi connectivity index (χ2v) is 3.92. The van der Waals surface area contributed by atoms with Crippen molar-refractivity contribution >= 4 is 11.6 Å². The largest absolute Gasteiger partial charge is 0.493 e. The molecule has 0 atom stereocenters. The predicted octanol–water partition coefficient (Wildman–Crippen LogP) is 3.32. The van der Waals surface area contributed by atoms with Gasteiger partial charge in [0.25, 0.3) is 0 Å². The van der Waals surface area contributed by atoms with Crippen molar-refractivity contribution in [3.05, 3.63) is 29.3 Å². The lowest BCUT2D eigenvalue weighted by Crippen LogP contribution is -2.19. The minimum absolute atomic E-state index is 0.705. The maximum absolute atomic E-state index is 5.73. The van der Waals surface area contributed by atoms with Crippen molar-refractivity contribution in [1.82, 2.24) is 0 Å². The molecule has 1 nitrogen and oxygen atoms in total. The van der Waals surface area contributed by atoms with Gasteiger partial charge in [-0.1, -0.05) is 18.0 Å². The minimum atomic E-state index is 0.705. The van der Waals surface area contributed by atoms with Gasteiger partial charge < -0.3 is 4.74 Å². The molecule has 0 heterocycles. The molecule has 13 heavy (non-hydrogen) atoms. The van der Waals surface area contributed by atoms with Crippen LogP contribution in [0.3, 0.4) is 0 Å². The van der Waals surface area contributed by atoms with Gasteiger partial charge in [0.1, 0.15) is 5.75 Å². The third-order valence-corrected chi connectivity index (χ3v) is 2.68. The van der Waals surface area contributed by atoms with Crippen LogP contribution in [-0.4, -0.2) is 6.61 Å². The first kappa shape index (κ1) is 8.89. The number of benzene rings is 1. The highest BCUT2D eigenvalue weighted by Gasteiger charge is 2.17. The Labute approximate surface area is 83.7 Å². The SMILES string of the molecule is Clc1c[c]c(OCC2CCC2)cc1. The summed E-state index contributed by atoms with van der Waals surface area (Å²) in [6.07, 6.45) is 3.99. The number of hydrogen-bond donors (Lipinski definition) is 0. The fraction of sp³-hybridized carbons (Fsp3) is 0.455. The summed E-state index contributed by atoms with van der Waals surface area (Å²) in [5.41, 5.74) is 0. The fourth-order valence-corrected chi connectivity index (χ4v) is 1.47. The molecule has 0 bridgehead atoms. The molecule has 0 spiro atoms. The Morgan fingerprint density at radius 2 is 2.31 bits per heavy atom. The van der Waals surface area contributed by atoms with Crippen molar-refractivity contribution in [3.8, 4) is 5.75 Å². The lowest BCUT2D eigenvalue weighted by molar-refractivity contribution is 0.180. The molecule has 1 saturated carbocycles. The Balaban J connectivity index is 1.83. The minimum Gasteiger partial charge on any atom is -0.493 e. The van der Waals surface area contributed by atoms with Gasteiger partial charge in [-0.05, 0) is 37.0 Å². The standard InChI is InChI=1S/C11H12ClO/c12-10-4-6-11(7-5-10)13-8-9-2-1-3-9/h4-6,9H,1-3,8H2. The molecule has 1 aromatic carbocycles. The summed E-state index contributed by atoms with van der Waals surface area (Å²) in [4.78, 5) is 0. The van der Waals surface area contributed by atoms with E-state index in [0.29, 0.717) is 5.02 Å². The quantitative estimate of drug-likeness (QED) is 0.719. The van der Waals surface area contributed by atoms with Gasteiger partial charge in [0.2, 0.25) is 0 Å². The van der Waals surface area contributed by atoms with Crippen molar-refractivity contribution in [2.45, 2.75) is 19.3 Å². The molecule has 1 fully saturated rings. The highest BCUT2D eigenvalue weighted by atomic mass is 35.5. The van der Waals surface area contributed by atoms with E-state index in [-0.39, 0.29) is 0 Å². The second-order valence-electron chi connectivity index (χ2n) is 3.48. The van der Waals surface area contributed by atoms with E-state index in [2.05, 4.69) is 6.07 Å². The third kappa shape index (κ3) is 2.38. The summed E-state index contributed by atoms with van der Waals surface area (Å²) in [6.45, 7) is 0.831. The molecule has 1 radical (unpaired) electrons. The monoisotopic (exact) mass is 195 g/mol. The van der Waals surface area contributed by atoms with Crippen molar-refractivity contribution < 1.29 is 4.74 Å². The number of rotatable bonds is 3. The number of ether oxygens (including phenoxy) is 1. The van der Waals surface area contributed by atoms with E-state index in [1.54, 1.807) is 6.07 Å². The summed E-state index contributed by atoms with van der Waals surface area (Å²) in [6, 6.07) is 8.41. The lowest BCUT2D eigenvalue weighted by atomic mass is 9.86. The first-order chi connectivity index (χ1) is 6.34. The van der Waals surface area contributed by atoms with Crippen LogP contribution in [0.15, 0.2) is 18.2 Å². The molecule has 2 rings (SSSR count). The topological polar surface area (TPSA) is 9.23 Å². The van der Waals surface area contributed by atoms with Crippen LogP contribution >= 0.6 is 11.6 Å². The van der Waals surface area contributed by atoms with E-state index in [0.717, 1.165) is 18.3 Å². The zero-order valence-electron chi connectivity index (χ0n) is 7.42. The van der Waals surface area contributed by atoms with E-state index in [1.165, 1.54) is 19.3 Å². The number of halogens is 1. The average Bonchev–Trinajstić information content (AvgIpc) is 2.05. The van der Waals surface area contributed by atoms with Crippen LogP contribution in [0.25, 0.3) is 0 Å². The average molecular weight is 196 g/mol. The normalized spacial score (nSPS) is 16.7. The maximum Gasteiger partial charge on any atom is 0.127 e. The summed E-state index contributed by atoms with van der Waals surface area (Å²) in [5, 5.41) is 0.705. The van der Waals surface area contributed by atoms with E-state index in [1.807, 2.05) is 12.1 Å². The molecule has 1 aliphatic rings. The zero-order valence-corrected chi connectivity index (χ0v) is 8.18. The fourth-order valence-electron chi connectivity index (χ4n) is 1.35. The predicted molar refractivity (Wildman–Crippen MR) is 53.1 cm³/mol. The van der Waals surface area contributed by atoms with Gasteiger partial charge >= 0.3 is 0 Å². The van der Waals surface area contributed by atoms with Crippen LogP contribution in [0.4, 0.5) is 0 Å². The van der Waals surface area contributed by atoms with Crippen LogP contribution in [0, 0.1) is 12.0 Å². The first-order valence-electron chi connectivity index (χ1n) is 4.64. The third-order valence-electron chi connectivity index (χ3n) is 2.45. The van der Waals surface area contributed by atoms with E-state index in [4.69, 9.17) is 16.3 Å². The van der Waals surface area contributed by atoms with Gasteiger partial charge in [0.05, 0.1) is 6.61 Å². The van der Waals surface area contributed by atoms with Gasteiger partial charge in [-0.25, -0.2) is 0 Å². The Hall–Kier alpha value is -0.690. The van der Waals surface area contributed by atoms with Crippen LogP contribution in [0.1, 0.15) is 19.3 Å². The van der Waals surface area contributed by atoms with Gasteiger partial charge in [-0.15, -0.1) is 0 Å². The molecule has 0 aromatic heterocycles. The van der Waals surface area contributed by atoms with E-state index in [9.17, 15) is 0 Å². The van der Waals surface area contributed by atoms with Gasteiger partial charge in [0.15, 0.2) is 0 Å². The molecular formula is C11H12ClO. The number of hydrogen-bond acceptors (Lipinski definition) is 1. The van der Waals surface area contributed by atoms with Gasteiger partial charge in [-0.2, -0.15) is 0 Å². The van der Waals surface area contributed by atoms with Crippen molar-refractivity contribution in [2.24, 2.45) is 5.92 Å². The molecule has 2 heteroatoms. The molecule has 0 N–H and O–H groups in total. The van der Waals surface area contributed by atoms with Crippen molar-refractivity contribution in [1.29, 1.82) is 0 Å². The molecule has 1 aromatic rings. The smallest absolute Gasteiger partial charge is 0.127 e. The van der Waals surface area contributed by atoms with Crippen LogP contribution in [0.5, 0.6) is 5.75 Å². The molecule has 0 aliphatic heterocycles. The molecule has 0 amide bonds. The van der Waals surface area contributed by atoms with Crippen molar-refractivity contribution in [3.63, 3.8) is 0 Å². The van der Waals surface area contributed by atoms with Crippen LogP contribution in [0.2, 0.25) is 5.02 Å². The maximum atomic E-state index is 5.73. The molecule has 1 aliphatic carbocycles. The highest BCUT2D eigenvalue weighted by Crippen LogP contribution is 2.27. The van der Waals surface area contributed by atoms with Gasteiger partial charge in [0, 0.05) is 11.1 Å². The molecular weight excluding hydrogens is 184 g/mol. The Morgan fingerprint density at radius 1 is 1.46 bits per heavy atom. The lowest BCUT2D eigenvalue weighted by Gasteiger charge is -2.24. The molecule has 0 saturated heterocycles. The Kier molecular flexibility index (Phi) is 2.74. The van der Waals surface area contributed by atoms with Gasteiger partial charge in [-0.3, -0.25) is 0 Å².